The van der Waals surface area contributed by atoms with Crippen LogP contribution in [0.1, 0.15) is 13.3 Å². The Hall–Kier alpha value is -1.14. The fraction of sp³-hybridized carbons (Fsp3) is 0.714. The lowest BCUT2D eigenvalue weighted by molar-refractivity contribution is -0.142. The molecule has 0 aliphatic rings. The molecule has 5 N–H and O–H groups in total. The molecular formula is C7H14N2O4. The minimum atomic E-state index is -1.11. The van der Waals surface area contributed by atoms with E-state index >= 15 is 0 Å². The van der Waals surface area contributed by atoms with Crippen LogP contribution in [0, 0.1) is 0 Å². The first kappa shape index (κ1) is 11.9. The molecule has 76 valence electrons. The van der Waals surface area contributed by atoms with Gasteiger partial charge in [-0.15, -0.1) is 0 Å². The van der Waals surface area contributed by atoms with Gasteiger partial charge in [0, 0.05) is 0 Å². The van der Waals surface area contributed by atoms with Crippen LogP contribution in [0.5, 0.6) is 0 Å². The van der Waals surface area contributed by atoms with Crippen LogP contribution in [0.2, 0.25) is 0 Å². The van der Waals surface area contributed by atoms with Crippen molar-refractivity contribution in [3.8, 4) is 0 Å². The van der Waals surface area contributed by atoms with E-state index in [1.807, 2.05) is 0 Å². The molecule has 0 fully saturated rings. The number of nitrogens with one attached hydrogen (secondary N) is 1. The molecule has 0 aliphatic carbocycles. The summed E-state index contributed by atoms with van der Waals surface area (Å²) in [6, 6.07) is -2.00. The van der Waals surface area contributed by atoms with Gasteiger partial charge in [0.05, 0.1) is 6.61 Å². The van der Waals surface area contributed by atoms with Gasteiger partial charge in [0.2, 0.25) is 5.91 Å². The van der Waals surface area contributed by atoms with Gasteiger partial charge in [-0.2, -0.15) is 0 Å². The summed E-state index contributed by atoms with van der Waals surface area (Å²) in [5, 5.41) is 19.2. The molecule has 1 amide bonds. The SMILES string of the molecule is CC[C@@H](NC(=O)[C@@H](N)CO)C(=O)O. The van der Waals surface area contributed by atoms with E-state index in [2.05, 4.69) is 5.32 Å². The molecule has 0 saturated heterocycles. The Kier molecular flexibility index (Phi) is 5.01. The second-order valence-corrected chi connectivity index (χ2v) is 2.60. The number of aliphatic hydroxyl groups excluding tert-OH is 1. The first-order valence-corrected chi connectivity index (χ1v) is 3.92. The van der Waals surface area contributed by atoms with Gasteiger partial charge in [0.15, 0.2) is 0 Å². The van der Waals surface area contributed by atoms with Crippen molar-refractivity contribution in [2.45, 2.75) is 25.4 Å². The van der Waals surface area contributed by atoms with E-state index in [4.69, 9.17) is 15.9 Å². The van der Waals surface area contributed by atoms with Crippen molar-refractivity contribution in [2.75, 3.05) is 6.61 Å². The quantitative estimate of drug-likeness (QED) is 0.412. The zero-order chi connectivity index (χ0) is 10.4. The van der Waals surface area contributed by atoms with Crippen LogP contribution in [0.3, 0.4) is 0 Å². The summed E-state index contributed by atoms with van der Waals surface area (Å²) in [4.78, 5) is 21.4. The van der Waals surface area contributed by atoms with Crippen molar-refractivity contribution < 1.29 is 19.8 Å². The minimum Gasteiger partial charge on any atom is -0.480 e. The van der Waals surface area contributed by atoms with Gasteiger partial charge in [-0.25, -0.2) is 4.79 Å². The number of rotatable bonds is 5. The van der Waals surface area contributed by atoms with E-state index in [9.17, 15) is 9.59 Å². The van der Waals surface area contributed by atoms with Crippen molar-refractivity contribution in [1.82, 2.24) is 5.32 Å². The number of carboxylic acid groups (broad SMARTS) is 1. The highest BCUT2D eigenvalue weighted by Crippen LogP contribution is 1.91. The van der Waals surface area contributed by atoms with Gasteiger partial charge in [0.25, 0.3) is 0 Å². The van der Waals surface area contributed by atoms with Crippen molar-refractivity contribution in [1.29, 1.82) is 0 Å². The van der Waals surface area contributed by atoms with E-state index in [0.29, 0.717) is 0 Å². The lowest BCUT2D eigenvalue weighted by atomic mass is 10.2. The van der Waals surface area contributed by atoms with E-state index < -0.39 is 30.6 Å². The highest BCUT2D eigenvalue weighted by molar-refractivity contribution is 5.86. The first-order valence-electron chi connectivity index (χ1n) is 3.92. The summed E-state index contributed by atoms with van der Waals surface area (Å²) in [7, 11) is 0. The lowest BCUT2D eigenvalue weighted by Gasteiger charge is -2.14. The molecule has 2 atom stereocenters. The molecule has 0 aliphatic heterocycles. The van der Waals surface area contributed by atoms with Crippen LogP contribution >= 0.6 is 0 Å². The summed E-state index contributed by atoms with van der Waals surface area (Å²) in [6.07, 6.45) is 0.277. The summed E-state index contributed by atoms with van der Waals surface area (Å²) in [5.74, 6) is -1.77. The van der Waals surface area contributed by atoms with Crippen LogP contribution in [0.4, 0.5) is 0 Å². The summed E-state index contributed by atoms with van der Waals surface area (Å²) >= 11 is 0. The topological polar surface area (TPSA) is 113 Å². The Morgan fingerprint density at radius 3 is 2.38 bits per heavy atom. The van der Waals surface area contributed by atoms with Crippen molar-refractivity contribution in [3.05, 3.63) is 0 Å². The van der Waals surface area contributed by atoms with Gasteiger partial charge in [-0.1, -0.05) is 6.92 Å². The number of amides is 1. The third kappa shape index (κ3) is 3.86. The number of nitrogens with two attached hydrogens (primary N) is 1. The standard InChI is InChI=1S/C7H14N2O4/c1-2-5(7(12)13)9-6(11)4(8)3-10/h4-5,10H,2-3,8H2,1H3,(H,9,11)(H,12,13)/t4-,5+/m0/s1. The van der Waals surface area contributed by atoms with Gasteiger partial charge in [-0.05, 0) is 6.42 Å². The number of carbonyl (C=O) groups excluding carboxylic acids is 1. The maximum Gasteiger partial charge on any atom is 0.326 e. The number of hydrogen-bond acceptors (Lipinski definition) is 4. The summed E-state index contributed by atoms with van der Waals surface area (Å²) < 4.78 is 0. The molecule has 6 nitrogen and oxygen atoms in total. The number of carboxylic acids is 1. The van der Waals surface area contributed by atoms with E-state index in [1.165, 1.54) is 0 Å². The van der Waals surface area contributed by atoms with Crippen LogP contribution < -0.4 is 11.1 Å². The molecule has 0 bridgehead atoms. The Morgan fingerprint density at radius 2 is 2.08 bits per heavy atom. The normalized spacial score (nSPS) is 14.7. The van der Waals surface area contributed by atoms with E-state index in [-0.39, 0.29) is 6.42 Å². The molecule has 0 aromatic carbocycles. The fourth-order valence-electron chi connectivity index (χ4n) is 0.700. The highest BCUT2D eigenvalue weighted by Gasteiger charge is 2.20. The third-order valence-electron chi connectivity index (χ3n) is 1.56. The maximum absolute atomic E-state index is 11.0. The second-order valence-electron chi connectivity index (χ2n) is 2.60. The van der Waals surface area contributed by atoms with Crippen molar-refractivity contribution in [2.24, 2.45) is 5.73 Å². The number of aliphatic carboxylic acids is 1. The fourth-order valence-corrected chi connectivity index (χ4v) is 0.700. The number of hydrogen-bond donors (Lipinski definition) is 4. The van der Waals surface area contributed by atoms with Gasteiger partial charge in [0.1, 0.15) is 12.1 Å². The summed E-state index contributed by atoms with van der Waals surface area (Å²) in [6.45, 7) is 1.13. The molecule has 0 saturated carbocycles. The Labute approximate surface area is 75.7 Å². The van der Waals surface area contributed by atoms with Gasteiger partial charge < -0.3 is 21.3 Å². The lowest BCUT2D eigenvalue weighted by Crippen LogP contribution is -2.49. The molecule has 0 aromatic rings. The molecule has 6 heteroatoms. The predicted octanol–water partition coefficient (Wildman–Crippen LogP) is -1.71. The largest absolute Gasteiger partial charge is 0.480 e. The van der Waals surface area contributed by atoms with Crippen molar-refractivity contribution in [3.63, 3.8) is 0 Å². The molecule has 13 heavy (non-hydrogen) atoms. The average molecular weight is 190 g/mol. The van der Waals surface area contributed by atoms with Gasteiger partial charge >= 0.3 is 5.97 Å². The Morgan fingerprint density at radius 1 is 1.54 bits per heavy atom. The molecule has 0 heterocycles. The maximum atomic E-state index is 11.0. The molecule has 0 rings (SSSR count). The van der Waals surface area contributed by atoms with E-state index in [1.54, 1.807) is 6.92 Å². The van der Waals surface area contributed by atoms with Crippen molar-refractivity contribution >= 4 is 11.9 Å². The highest BCUT2D eigenvalue weighted by atomic mass is 16.4. The Bertz CT molecular complexity index is 195. The Balaban J connectivity index is 4.09. The smallest absolute Gasteiger partial charge is 0.326 e. The van der Waals surface area contributed by atoms with Crippen LogP contribution in [0.15, 0.2) is 0 Å². The van der Waals surface area contributed by atoms with Gasteiger partial charge in [-0.3, -0.25) is 4.79 Å². The van der Waals surface area contributed by atoms with Crippen LogP contribution in [0.25, 0.3) is 0 Å². The first-order chi connectivity index (χ1) is 6.02. The number of aliphatic hydroxyl groups is 1. The molecule has 0 aromatic heterocycles. The predicted molar refractivity (Wildman–Crippen MR) is 44.9 cm³/mol. The zero-order valence-electron chi connectivity index (χ0n) is 7.36. The molecular weight excluding hydrogens is 176 g/mol. The third-order valence-corrected chi connectivity index (χ3v) is 1.56. The molecule has 0 radical (unpaired) electrons. The summed E-state index contributed by atoms with van der Waals surface area (Å²) in [5.41, 5.74) is 5.16. The second kappa shape index (κ2) is 5.50. The number of carbonyl (C=O) groups is 2. The minimum absolute atomic E-state index is 0.277. The average Bonchev–Trinajstić information content (AvgIpc) is 2.11. The monoisotopic (exact) mass is 190 g/mol. The molecule has 0 spiro atoms. The van der Waals surface area contributed by atoms with Crippen LogP contribution in [-0.4, -0.2) is 40.8 Å². The van der Waals surface area contributed by atoms with E-state index in [0.717, 1.165) is 0 Å². The zero-order valence-corrected chi connectivity index (χ0v) is 7.36. The van der Waals surface area contributed by atoms with Crippen LogP contribution in [-0.2, 0) is 9.59 Å². The molecule has 0 unspecified atom stereocenters.